The van der Waals surface area contributed by atoms with Gasteiger partial charge in [0.15, 0.2) is 5.82 Å². The van der Waals surface area contributed by atoms with Gasteiger partial charge >= 0.3 is 5.97 Å². The molecule has 1 N–H and O–H groups in total. The third-order valence-electron chi connectivity index (χ3n) is 3.40. The lowest BCUT2D eigenvalue weighted by atomic mass is 10.1. The molecule has 3 rings (SSSR count). The topological polar surface area (TPSA) is 80.9 Å². The Morgan fingerprint density at radius 1 is 1.23 bits per heavy atom. The van der Waals surface area contributed by atoms with Gasteiger partial charge in [0.25, 0.3) is 0 Å². The second-order valence-corrected chi connectivity index (χ2v) is 4.73. The predicted molar refractivity (Wildman–Crippen MR) is 80.9 cm³/mol. The van der Waals surface area contributed by atoms with Crippen LogP contribution in [0.5, 0.6) is 0 Å². The van der Waals surface area contributed by atoms with Crippen LogP contribution in [0, 0.1) is 0 Å². The zero-order valence-electron chi connectivity index (χ0n) is 12.0. The number of nitrogens with zero attached hydrogens (tertiary/aromatic N) is 4. The molecule has 0 aliphatic heterocycles. The Bertz CT molecular complexity index is 812. The molecule has 0 spiro atoms. The summed E-state index contributed by atoms with van der Waals surface area (Å²) in [5.74, 6) is -0.471. The molecule has 3 aromatic rings. The summed E-state index contributed by atoms with van der Waals surface area (Å²) in [6.45, 7) is 1.89. The number of carbonyl (C=O) groups is 1. The molecule has 0 radical (unpaired) electrons. The number of aromatic nitrogens is 4. The van der Waals surface area contributed by atoms with Crippen LogP contribution in [0.15, 0.2) is 48.8 Å². The highest BCUT2D eigenvalue weighted by Gasteiger charge is 2.16. The minimum absolute atomic E-state index is 0.240. The van der Waals surface area contributed by atoms with Crippen molar-refractivity contribution in [2.75, 3.05) is 0 Å². The molecule has 0 aliphatic rings. The number of hydrogen-bond donors (Lipinski definition) is 1. The highest BCUT2D eigenvalue weighted by molar-refractivity contribution is 5.90. The van der Waals surface area contributed by atoms with Gasteiger partial charge in [-0.25, -0.2) is 14.5 Å². The molecule has 2 aromatic heterocycles. The SMILES string of the molecule is CCc1c(C(=O)O)ccnc1-n1cc(-c2ccccc2)nn1. The van der Waals surface area contributed by atoms with E-state index in [2.05, 4.69) is 15.3 Å². The summed E-state index contributed by atoms with van der Waals surface area (Å²) in [6.07, 6.45) is 3.77. The highest BCUT2D eigenvalue weighted by Crippen LogP contribution is 2.20. The van der Waals surface area contributed by atoms with Crippen molar-refractivity contribution in [2.24, 2.45) is 0 Å². The lowest BCUT2D eigenvalue weighted by molar-refractivity contribution is 0.0695. The van der Waals surface area contributed by atoms with Crippen molar-refractivity contribution in [1.82, 2.24) is 20.0 Å². The van der Waals surface area contributed by atoms with E-state index in [1.807, 2.05) is 37.3 Å². The molecule has 0 fully saturated rings. The summed E-state index contributed by atoms with van der Waals surface area (Å²) in [4.78, 5) is 15.6. The number of aromatic carboxylic acids is 1. The van der Waals surface area contributed by atoms with Gasteiger partial charge in [0.1, 0.15) is 5.69 Å². The second-order valence-electron chi connectivity index (χ2n) is 4.73. The Balaban J connectivity index is 2.08. The maximum absolute atomic E-state index is 11.3. The molecule has 0 aliphatic carbocycles. The van der Waals surface area contributed by atoms with Gasteiger partial charge in [0.2, 0.25) is 0 Å². The lowest BCUT2D eigenvalue weighted by Crippen LogP contribution is -2.09. The second kappa shape index (κ2) is 5.77. The molecule has 6 heteroatoms. The summed E-state index contributed by atoms with van der Waals surface area (Å²) in [6, 6.07) is 11.2. The van der Waals surface area contributed by atoms with Crippen molar-refractivity contribution in [3.63, 3.8) is 0 Å². The molecule has 6 nitrogen and oxygen atoms in total. The van der Waals surface area contributed by atoms with Gasteiger partial charge in [-0.05, 0) is 12.5 Å². The van der Waals surface area contributed by atoms with Crippen LogP contribution in [-0.4, -0.2) is 31.1 Å². The van der Waals surface area contributed by atoms with E-state index in [1.54, 1.807) is 6.20 Å². The van der Waals surface area contributed by atoms with Gasteiger partial charge in [0.05, 0.1) is 11.8 Å². The standard InChI is InChI=1S/C16H14N4O2/c1-2-12-13(16(21)22)8-9-17-15(12)20-10-14(18-19-20)11-6-4-3-5-7-11/h3-10H,2H2,1H3,(H,21,22). The quantitative estimate of drug-likeness (QED) is 0.800. The van der Waals surface area contributed by atoms with Crippen LogP contribution in [-0.2, 0) is 6.42 Å². The minimum atomic E-state index is -0.969. The largest absolute Gasteiger partial charge is 0.478 e. The molecular weight excluding hydrogens is 280 g/mol. The van der Waals surface area contributed by atoms with Crippen molar-refractivity contribution < 1.29 is 9.90 Å². The van der Waals surface area contributed by atoms with Crippen LogP contribution < -0.4 is 0 Å². The van der Waals surface area contributed by atoms with Gasteiger partial charge in [-0.3, -0.25) is 0 Å². The van der Waals surface area contributed by atoms with Gasteiger partial charge in [-0.2, -0.15) is 0 Å². The van der Waals surface area contributed by atoms with Crippen LogP contribution in [0.2, 0.25) is 0 Å². The first kappa shape index (κ1) is 13.9. The molecule has 0 saturated heterocycles. The average Bonchev–Trinajstić information content (AvgIpc) is 3.04. The van der Waals surface area contributed by atoms with Crippen molar-refractivity contribution >= 4 is 5.97 Å². The molecule has 0 unspecified atom stereocenters. The Hall–Kier alpha value is -3.02. The average molecular weight is 294 g/mol. The minimum Gasteiger partial charge on any atom is -0.478 e. The number of hydrogen-bond acceptors (Lipinski definition) is 4. The molecule has 22 heavy (non-hydrogen) atoms. The van der Waals surface area contributed by atoms with Crippen molar-refractivity contribution in [3.8, 4) is 17.1 Å². The fraction of sp³-hybridized carbons (Fsp3) is 0.125. The number of pyridine rings is 1. The van der Waals surface area contributed by atoms with E-state index in [1.165, 1.54) is 16.9 Å². The zero-order chi connectivity index (χ0) is 15.5. The van der Waals surface area contributed by atoms with Gasteiger partial charge in [0, 0.05) is 17.3 Å². The fourth-order valence-electron chi connectivity index (χ4n) is 2.34. The van der Waals surface area contributed by atoms with Crippen LogP contribution in [0.25, 0.3) is 17.1 Å². The van der Waals surface area contributed by atoms with E-state index < -0.39 is 5.97 Å². The van der Waals surface area contributed by atoms with E-state index in [9.17, 15) is 9.90 Å². The molecule has 0 atom stereocenters. The number of rotatable bonds is 4. The summed E-state index contributed by atoms with van der Waals surface area (Å²) in [7, 11) is 0. The Kier molecular flexibility index (Phi) is 3.65. The van der Waals surface area contributed by atoms with Crippen LogP contribution in [0.3, 0.4) is 0 Å². The van der Waals surface area contributed by atoms with Gasteiger partial charge in [-0.1, -0.05) is 42.5 Å². The van der Waals surface area contributed by atoms with E-state index in [4.69, 9.17) is 0 Å². The molecule has 0 amide bonds. The first-order valence-electron chi connectivity index (χ1n) is 6.90. The van der Waals surface area contributed by atoms with E-state index in [0.29, 0.717) is 23.5 Å². The maximum atomic E-state index is 11.3. The maximum Gasteiger partial charge on any atom is 0.336 e. The molecule has 2 heterocycles. The lowest BCUT2D eigenvalue weighted by Gasteiger charge is -2.08. The Labute approximate surface area is 127 Å². The smallest absolute Gasteiger partial charge is 0.336 e. The first-order valence-corrected chi connectivity index (χ1v) is 6.90. The summed E-state index contributed by atoms with van der Waals surface area (Å²) in [5, 5.41) is 17.5. The van der Waals surface area contributed by atoms with Crippen molar-refractivity contribution in [2.45, 2.75) is 13.3 Å². The van der Waals surface area contributed by atoms with Gasteiger partial charge in [-0.15, -0.1) is 5.10 Å². The van der Waals surface area contributed by atoms with E-state index in [0.717, 1.165) is 5.56 Å². The number of benzene rings is 1. The molecule has 0 saturated carbocycles. The summed E-state index contributed by atoms with van der Waals surface area (Å²) < 4.78 is 1.52. The van der Waals surface area contributed by atoms with E-state index in [-0.39, 0.29) is 5.56 Å². The number of carboxylic acids is 1. The van der Waals surface area contributed by atoms with E-state index >= 15 is 0 Å². The molecule has 1 aromatic carbocycles. The first-order chi connectivity index (χ1) is 10.7. The van der Waals surface area contributed by atoms with Crippen LogP contribution in [0.4, 0.5) is 0 Å². The zero-order valence-corrected chi connectivity index (χ0v) is 12.0. The fourth-order valence-corrected chi connectivity index (χ4v) is 2.34. The third-order valence-corrected chi connectivity index (χ3v) is 3.40. The van der Waals surface area contributed by atoms with Crippen molar-refractivity contribution in [1.29, 1.82) is 0 Å². The summed E-state index contributed by atoms with van der Waals surface area (Å²) in [5.41, 5.74) is 2.54. The predicted octanol–water partition coefficient (Wildman–Crippen LogP) is 2.59. The highest BCUT2D eigenvalue weighted by atomic mass is 16.4. The monoisotopic (exact) mass is 294 g/mol. The van der Waals surface area contributed by atoms with Crippen molar-refractivity contribution in [3.05, 3.63) is 59.9 Å². The Morgan fingerprint density at radius 2 is 2.00 bits per heavy atom. The number of carboxylic acid groups (broad SMARTS) is 1. The third kappa shape index (κ3) is 2.46. The molecule has 0 bridgehead atoms. The Morgan fingerprint density at radius 3 is 2.68 bits per heavy atom. The summed E-state index contributed by atoms with van der Waals surface area (Å²) >= 11 is 0. The van der Waals surface area contributed by atoms with Gasteiger partial charge < -0.3 is 5.11 Å². The van der Waals surface area contributed by atoms with Crippen LogP contribution in [0.1, 0.15) is 22.8 Å². The van der Waals surface area contributed by atoms with Crippen LogP contribution >= 0.6 is 0 Å². The normalized spacial score (nSPS) is 10.6. The molecular formula is C16H14N4O2. The molecule has 110 valence electrons.